The van der Waals surface area contributed by atoms with Gasteiger partial charge in [-0.05, 0) is 43.0 Å². The number of hydrogen-bond donors (Lipinski definition) is 2. The highest BCUT2D eigenvalue weighted by Gasteiger charge is 2.22. The lowest BCUT2D eigenvalue weighted by atomic mass is 9.99. The number of rotatable bonds is 4. The molecule has 128 valence electrons. The van der Waals surface area contributed by atoms with Crippen molar-refractivity contribution in [1.29, 1.82) is 5.26 Å². The Hall–Kier alpha value is -2.37. The molecular formula is C16H19N3O4S. The van der Waals surface area contributed by atoms with Crippen LogP contribution in [0.25, 0.3) is 0 Å². The molecule has 0 aromatic heterocycles. The standard InChI is InChI=1S/C16H19N3O4S/c1-12-6-8-19(9-7-12)16(20)13(10-17)11-18-14-2-4-15(5-3-14)24(21,22)23/h2-5,11-12,18H,6-9H2,1H3,(H,21,22,23)/b13-11-. The molecule has 0 bridgehead atoms. The monoisotopic (exact) mass is 349 g/mol. The summed E-state index contributed by atoms with van der Waals surface area (Å²) >= 11 is 0. The number of nitrogens with zero attached hydrogens (tertiary/aromatic N) is 2. The van der Waals surface area contributed by atoms with E-state index in [-0.39, 0.29) is 16.4 Å². The third-order valence-corrected chi connectivity index (χ3v) is 4.82. The molecule has 0 unspecified atom stereocenters. The van der Waals surface area contributed by atoms with Gasteiger partial charge in [0.05, 0.1) is 4.90 Å². The molecule has 1 aromatic rings. The van der Waals surface area contributed by atoms with Crippen molar-refractivity contribution in [2.24, 2.45) is 5.92 Å². The van der Waals surface area contributed by atoms with Gasteiger partial charge in [-0.25, -0.2) is 0 Å². The Morgan fingerprint density at radius 2 is 1.92 bits per heavy atom. The van der Waals surface area contributed by atoms with Crippen LogP contribution < -0.4 is 5.32 Å². The van der Waals surface area contributed by atoms with Gasteiger partial charge < -0.3 is 10.2 Å². The van der Waals surface area contributed by atoms with E-state index in [0.717, 1.165) is 12.8 Å². The predicted octanol–water partition coefficient (Wildman–Crippen LogP) is 2.01. The number of nitriles is 1. The van der Waals surface area contributed by atoms with Gasteiger partial charge in [-0.1, -0.05) is 6.92 Å². The first-order chi connectivity index (χ1) is 11.3. The van der Waals surface area contributed by atoms with Gasteiger partial charge in [0.25, 0.3) is 16.0 Å². The maximum absolute atomic E-state index is 12.3. The topological polar surface area (TPSA) is 111 Å². The van der Waals surface area contributed by atoms with E-state index in [9.17, 15) is 18.5 Å². The Balaban J connectivity index is 2.05. The van der Waals surface area contributed by atoms with Crippen LogP contribution in [0.15, 0.2) is 40.9 Å². The molecule has 7 nitrogen and oxygen atoms in total. The SMILES string of the molecule is CC1CCN(C(=O)/C(C#N)=C\Nc2ccc(S(=O)(=O)O)cc2)CC1. The van der Waals surface area contributed by atoms with Crippen LogP contribution in [0.2, 0.25) is 0 Å². The van der Waals surface area contributed by atoms with Gasteiger partial charge in [0.15, 0.2) is 0 Å². The number of carbonyl (C=O) groups is 1. The van der Waals surface area contributed by atoms with Gasteiger partial charge in [-0.15, -0.1) is 0 Å². The Bertz CT molecular complexity index is 771. The molecule has 8 heteroatoms. The number of nitrogens with one attached hydrogen (secondary N) is 1. The van der Waals surface area contributed by atoms with Crippen molar-refractivity contribution in [1.82, 2.24) is 4.90 Å². The van der Waals surface area contributed by atoms with Crippen LogP contribution in [0.4, 0.5) is 5.69 Å². The fourth-order valence-corrected chi connectivity index (χ4v) is 2.88. The Morgan fingerprint density at radius 3 is 2.42 bits per heavy atom. The lowest BCUT2D eigenvalue weighted by molar-refractivity contribution is -0.128. The summed E-state index contributed by atoms with van der Waals surface area (Å²) in [5.41, 5.74) is 0.485. The van der Waals surface area contributed by atoms with Crippen LogP contribution >= 0.6 is 0 Å². The highest BCUT2D eigenvalue weighted by molar-refractivity contribution is 7.85. The third kappa shape index (κ3) is 4.57. The minimum atomic E-state index is -4.24. The molecule has 1 saturated heterocycles. The summed E-state index contributed by atoms with van der Waals surface area (Å²) in [7, 11) is -4.24. The molecule has 0 saturated carbocycles. The third-order valence-electron chi connectivity index (χ3n) is 3.96. The van der Waals surface area contributed by atoms with E-state index < -0.39 is 10.1 Å². The van der Waals surface area contributed by atoms with E-state index in [2.05, 4.69) is 12.2 Å². The first-order valence-corrected chi connectivity index (χ1v) is 8.99. The molecule has 1 aliphatic rings. The van der Waals surface area contributed by atoms with Crippen LogP contribution in [0.3, 0.4) is 0 Å². The summed E-state index contributed by atoms with van der Waals surface area (Å²) in [4.78, 5) is 13.8. The summed E-state index contributed by atoms with van der Waals surface area (Å²) in [6, 6.07) is 7.21. The molecule has 0 aliphatic carbocycles. The highest BCUT2D eigenvalue weighted by atomic mass is 32.2. The van der Waals surface area contributed by atoms with E-state index >= 15 is 0 Å². The number of anilines is 1. The molecular weight excluding hydrogens is 330 g/mol. The Morgan fingerprint density at radius 1 is 1.33 bits per heavy atom. The quantitative estimate of drug-likeness (QED) is 0.489. The van der Waals surface area contributed by atoms with E-state index in [0.29, 0.717) is 24.7 Å². The molecule has 0 spiro atoms. The van der Waals surface area contributed by atoms with Crippen molar-refractivity contribution in [3.63, 3.8) is 0 Å². The zero-order chi connectivity index (χ0) is 17.7. The number of amides is 1. The number of piperidine rings is 1. The zero-order valence-corrected chi connectivity index (χ0v) is 14.1. The zero-order valence-electron chi connectivity index (χ0n) is 13.3. The van der Waals surface area contributed by atoms with Gasteiger partial charge in [-0.2, -0.15) is 13.7 Å². The van der Waals surface area contributed by atoms with Crippen molar-refractivity contribution >= 4 is 21.7 Å². The van der Waals surface area contributed by atoms with Crippen molar-refractivity contribution in [2.45, 2.75) is 24.7 Å². The molecule has 24 heavy (non-hydrogen) atoms. The number of hydrogen-bond acceptors (Lipinski definition) is 5. The molecule has 1 amide bonds. The highest BCUT2D eigenvalue weighted by Crippen LogP contribution is 2.18. The van der Waals surface area contributed by atoms with Crippen LogP contribution in [0, 0.1) is 17.2 Å². The Kier molecular flexibility index (Phi) is 5.59. The molecule has 2 N–H and O–H groups in total. The maximum Gasteiger partial charge on any atom is 0.294 e. The summed E-state index contributed by atoms with van der Waals surface area (Å²) < 4.78 is 30.9. The normalized spacial score (nSPS) is 16.5. The molecule has 1 fully saturated rings. The predicted molar refractivity (Wildman–Crippen MR) is 88.6 cm³/mol. The van der Waals surface area contributed by atoms with E-state index in [1.54, 1.807) is 4.90 Å². The largest absolute Gasteiger partial charge is 0.360 e. The second-order valence-corrected chi connectivity index (χ2v) is 7.21. The number of benzene rings is 1. The molecule has 1 aromatic carbocycles. The number of likely N-dealkylation sites (tertiary alicyclic amines) is 1. The van der Waals surface area contributed by atoms with E-state index in [1.165, 1.54) is 30.5 Å². The summed E-state index contributed by atoms with van der Waals surface area (Å²) in [5, 5.41) is 12.0. The van der Waals surface area contributed by atoms with Crippen molar-refractivity contribution in [2.75, 3.05) is 18.4 Å². The van der Waals surface area contributed by atoms with Crippen molar-refractivity contribution in [3.05, 3.63) is 36.0 Å². The molecule has 0 radical (unpaired) electrons. The second-order valence-electron chi connectivity index (χ2n) is 5.79. The summed E-state index contributed by atoms with van der Waals surface area (Å²) in [6.07, 6.45) is 3.16. The first kappa shape index (κ1) is 18.0. The summed E-state index contributed by atoms with van der Waals surface area (Å²) in [6.45, 7) is 3.42. The van der Waals surface area contributed by atoms with Crippen molar-refractivity contribution in [3.8, 4) is 6.07 Å². The lowest BCUT2D eigenvalue weighted by Gasteiger charge is -2.30. The first-order valence-electron chi connectivity index (χ1n) is 7.55. The lowest BCUT2D eigenvalue weighted by Crippen LogP contribution is -2.38. The molecule has 2 rings (SSSR count). The minimum absolute atomic E-state index is 0.0107. The van der Waals surface area contributed by atoms with Crippen molar-refractivity contribution < 1.29 is 17.8 Å². The fraction of sp³-hybridized carbons (Fsp3) is 0.375. The number of carbonyl (C=O) groups excluding carboxylic acids is 1. The Labute approximate surface area is 141 Å². The molecule has 1 heterocycles. The van der Waals surface area contributed by atoms with E-state index in [4.69, 9.17) is 4.55 Å². The van der Waals surface area contributed by atoms with Crippen LogP contribution in [-0.4, -0.2) is 36.9 Å². The average Bonchev–Trinajstić information content (AvgIpc) is 2.55. The van der Waals surface area contributed by atoms with Gasteiger partial charge in [-0.3, -0.25) is 9.35 Å². The minimum Gasteiger partial charge on any atom is -0.360 e. The van der Waals surface area contributed by atoms with Crippen LogP contribution in [0.1, 0.15) is 19.8 Å². The molecule has 0 atom stereocenters. The van der Waals surface area contributed by atoms with Crippen LogP contribution in [-0.2, 0) is 14.9 Å². The van der Waals surface area contributed by atoms with Crippen LogP contribution in [0.5, 0.6) is 0 Å². The average molecular weight is 349 g/mol. The molecule has 1 aliphatic heterocycles. The van der Waals surface area contributed by atoms with Gasteiger partial charge in [0.2, 0.25) is 0 Å². The second kappa shape index (κ2) is 7.47. The maximum atomic E-state index is 12.3. The smallest absolute Gasteiger partial charge is 0.294 e. The summed E-state index contributed by atoms with van der Waals surface area (Å²) in [5.74, 6) is 0.273. The van der Waals surface area contributed by atoms with Gasteiger partial charge >= 0.3 is 0 Å². The van der Waals surface area contributed by atoms with E-state index in [1.807, 2.05) is 6.07 Å². The van der Waals surface area contributed by atoms with Gasteiger partial charge in [0, 0.05) is 25.0 Å². The van der Waals surface area contributed by atoms with Gasteiger partial charge in [0.1, 0.15) is 11.6 Å². The fourth-order valence-electron chi connectivity index (χ4n) is 2.40.